The van der Waals surface area contributed by atoms with Crippen molar-refractivity contribution in [2.75, 3.05) is 0 Å². The zero-order valence-corrected chi connectivity index (χ0v) is 13.1. The summed E-state index contributed by atoms with van der Waals surface area (Å²) in [6.07, 6.45) is 13.3. The molecular weight excluding hydrogens is 244 g/mol. The number of hydrogen-bond acceptors (Lipinski definition) is 1. The van der Waals surface area contributed by atoms with E-state index in [1.165, 1.54) is 16.7 Å². The molecule has 0 saturated heterocycles. The number of nitrogens with zero attached hydrogens (tertiary/aromatic N) is 1. The summed E-state index contributed by atoms with van der Waals surface area (Å²) < 4.78 is 2.22. The zero-order chi connectivity index (χ0) is 15.0. The zero-order valence-electron chi connectivity index (χ0n) is 13.1. The second-order valence-electron chi connectivity index (χ2n) is 5.23. The van der Waals surface area contributed by atoms with E-state index in [2.05, 4.69) is 68.9 Å². The summed E-state index contributed by atoms with van der Waals surface area (Å²) in [7, 11) is 0. The molecule has 0 saturated carbocycles. The number of pyridine rings is 1. The van der Waals surface area contributed by atoms with Gasteiger partial charge < -0.3 is 5.73 Å². The van der Waals surface area contributed by atoms with Crippen LogP contribution in [0, 0.1) is 5.92 Å². The lowest BCUT2D eigenvalue weighted by atomic mass is 9.96. The molecule has 2 heteroatoms. The molecule has 0 aliphatic rings. The van der Waals surface area contributed by atoms with Gasteiger partial charge in [-0.25, -0.2) is 4.57 Å². The number of aryl methyl sites for hydroxylation is 1. The minimum absolute atomic E-state index is 0.479. The molecule has 1 aromatic rings. The van der Waals surface area contributed by atoms with Crippen LogP contribution in [0.25, 0.3) is 0 Å². The van der Waals surface area contributed by atoms with Crippen LogP contribution in [0.4, 0.5) is 0 Å². The predicted molar refractivity (Wildman–Crippen MR) is 86.0 cm³/mol. The molecule has 0 spiro atoms. The van der Waals surface area contributed by atoms with Crippen LogP contribution < -0.4 is 10.3 Å². The third-order valence-corrected chi connectivity index (χ3v) is 3.32. The van der Waals surface area contributed by atoms with Crippen molar-refractivity contribution in [3.63, 3.8) is 0 Å². The van der Waals surface area contributed by atoms with Gasteiger partial charge in [0.2, 0.25) is 0 Å². The lowest BCUT2D eigenvalue weighted by Crippen LogP contribution is -2.34. The average molecular weight is 271 g/mol. The monoisotopic (exact) mass is 271 g/mol. The first kappa shape index (κ1) is 16.2. The molecule has 1 aromatic heterocycles. The highest BCUT2D eigenvalue weighted by Crippen LogP contribution is 2.18. The standard InChI is InChI=1S/C18H27N2/c1-5-8-18(15(3)4)17(10-11-19)14-20-12-7-9-16(6-2)13-20/h5,7-13,15H,6,14,19H2,1-4H3/q+1/b8-5-,11-10-,18-17-. The van der Waals surface area contributed by atoms with Crippen LogP contribution in [0.3, 0.4) is 0 Å². The fraction of sp³-hybridized carbons (Fsp3) is 0.389. The highest BCUT2D eigenvalue weighted by Gasteiger charge is 2.11. The van der Waals surface area contributed by atoms with E-state index >= 15 is 0 Å². The molecule has 20 heavy (non-hydrogen) atoms. The first-order valence-electron chi connectivity index (χ1n) is 7.34. The van der Waals surface area contributed by atoms with Crippen molar-refractivity contribution in [3.05, 3.63) is 65.7 Å². The van der Waals surface area contributed by atoms with Crippen LogP contribution in [0.2, 0.25) is 0 Å². The smallest absolute Gasteiger partial charge is 0.174 e. The Morgan fingerprint density at radius 3 is 2.65 bits per heavy atom. The second-order valence-corrected chi connectivity index (χ2v) is 5.23. The second kappa shape index (κ2) is 8.36. The highest BCUT2D eigenvalue weighted by atomic mass is 14.9. The summed E-state index contributed by atoms with van der Waals surface area (Å²) in [6.45, 7) is 9.51. The van der Waals surface area contributed by atoms with E-state index < -0.39 is 0 Å². The van der Waals surface area contributed by atoms with Gasteiger partial charge in [0.1, 0.15) is 0 Å². The summed E-state index contributed by atoms with van der Waals surface area (Å²) in [5.41, 5.74) is 9.57. The molecule has 0 unspecified atom stereocenters. The molecule has 0 aliphatic carbocycles. The quantitative estimate of drug-likeness (QED) is 0.622. The van der Waals surface area contributed by atoms with Gasteiger partial charge in [-0.1, -0.05) is 32.9 Å². The summed E-state index contributed by atoms with van der Waals surface area (Å²) in [5, 5.41) is 0. The van der Waals surface area contributed by atoms with Crippen molar-refractivity contribution in [1.82, 2.24) is 0 Å². The number of nitrogens with two attached hydrogens (primary N) is 1. The molecule has 108 valence electrons. The number of allylic oxidation sites excluding steroid dienone is 5. The normalized spacial score (nSPS) is 13.4. The van der Waals surface area contributed by atoms with E-state index in [4.69, 9.17) is 5.73 Å². The Bertz CT molecular complexity index is 508. The van der Waals surface area contributed by atoms with Gasteiger partial charge in [-0.05, 0) is 43.2 Å². The van der Waals surface area contributed by atoms with Gasteiger partial charge in [0.15, 0.2) is 18.9 Å². The highest BCUT2D eigenvalue weighted by molar-refractivity contribution is 5.33. The van der Waals surface area contributed by atoms with Crippen molar-refractivity contribution in [1.29, 1.82) is 0 Å². The Balaban J connectivity index is 3.16. The summed E-state index contributed by atoms with van der Waals surface area (Å²) >= 11 is 0. The Hall–Kier alpha value is -1.83. The van der Waals surface area contributed by atoms with Gasteiger partial charge in [-0.2, -0.15) is 0 Å². The molecule has 0 amide bonds. The van der Waals surface area contributed by atoms with E-state index in [-0.39, 0.29) is 0 Å². The van der Waals surface area contributed by atoms with Crippen molar-refractivity contribution >= 4 is 0 Å². The van der Waals surface area contributed by atoms with Crippen LogP contribution >= 0.6 is 0 Å². The molecule has 1 rings (SSSR count). The van der Waals surface area contributed by atoms with Crippen LogP contribution in [0.5, 0.6) is 0 Å². The van der Waals surface area contributed by atoms with Crippen LogP contribution in [-0.2, 0) is 13.0 Å². The Labute approximate surface area is 123 Å². The van der Waals surface area contributed by atoms with E-state index in [0.717, 1.165) is 13.0 Å². The molecule has 0 radical (unpaired) electrons. The average Bonchev–Trinajstić information content (AvgIpc) is 2.44. The SMILES string of the molecule is C\C=C/C(=C(\C=C/N)C[n+]1cccc(CC)c1)C(C)C. The lowest BCUT2D eigenvalue weighted by molar-refractivity contribution is -0.689. The van der Waals surface area contributed by atoms with Gasteiger partial charge in [-0.3, -0.25) is 0 Å². The predicted octanol–water partition coefficient (Wildman–Crippen LogP) is 3.54. The van der Waals surface area contributed by atoms with E-state index in [0.29, 0.717) is 5.92 Å². The number of rotatable bonds is 6. The van der Waals surface area contributed by atoms with Gasteiger partial charge >= 0.3 is 0 Å². The first-order valence-corrected chi connectivity index (χ1v) is 7.34. The molecule has 0 atom stereocenters. The summed E-state index contributed by atoms with van der Waals surface area (Å²) in [5.74, 6) is 0.479. The molecule has 0 aliphatic heterocycles. The molecule has 1 heterocycles. The first-order chi connectivity index (χ1) is 9.62. The van der Waals surface area contributed by atoms with Crippen molar-refractivity contribution in [3.8, 4) is 0 Å². The van der Waals surface area contributed by atoms with E-state index in [9.17, 15) is 0 Å². The summed E-state index contributed by atoms with van der Waals surface area (Å²) in [4.78, 5) is 0. The van der Waals surface area contributed by atoms with Gasteiger partial charge in [0, 0.05) is 17.2 Å². The minimum atomic E-state index is 0.479. The fourth-order valence-electron chi connectivity index (χ4n) is 2.29. The maximum absolute atomic E-state index is 5.63. The Morgan fingerprint density at radius 1 is 1.35 bits per heavy atom. The van der Waals surface area contributed by atoms with Crippen LogP contribution in [0.15, 0.2) is 60.1 Å². The Kier molecular flexibility index (Phi) is 6.78. The van der Waals surface area contributed by atoms with Crippen LogP contribution in [-0.4, -0.2) is 0 Å². The molecule has 0 fully saturated rings. The van der Waals surface area contributed by atoms with Gasteiger partial charge in [0.05, 0.1) is 0 Å². The number of aromatic nitrogens is 1. The lowest BCUT2D eigenvalue weighted by Gasteiger charge is -2.11. The van der Waals surface area contributed by atoms with Crippen molar-refractivity contribution in [2.45, 2.75) is 40.7 Å². The third kappa shape index (κ3) is 4.69. The fourth-order valence-corrected chi connectivity index (χ4v) is 2.29. The summed E-state index contributed by atoms with van der Waals surface area (Å²) in [6, 6.07) is 4.27. The van der Waals surface area contributed by atoms with Gasteiger partial charge in [0.25, 0.3) is 0 Å². The topological polar surface area (TPSA) is 29.9 Å². The molecular formula is C18H27N2+. The molecule has 0 bridgehead atoms. The van der Waals surface area contributed by atoms with Crippen molar-refractivity contribution < 1.29 is 4.57 Å². The van der Waals surface area contributed by atoms with Crippen LogP contribution in [0.1, 0.15) is 33.3 Å². The largest absolute Gasteiger partial charge is 0.405 e. The maximum atomic E-state index is 5.63. The van der Waals surface area contributed by atoms with Crippen molar-refractivity contribution in [2.24, 2.45) is 11.7 Å². The number of hydrogen-bond donors (Lipinski definition) is 1. The molecule has 0 aromatic carbocycles. The van der Waals surface area contributed by atoms with E-state index in [1.54, 1.807) is 6.20 Å². The van der Waals surface area contributed by atoms with E-state index in [1.807, 2.05) is 6.08 Å². The minimum Gasteiger partial charge on any atom is -0.405 e. The molecule has 2 N–H and O–H groups in total. The third-order valence-electron chi connectivity index (χ3n) is 3.32. The molecule has 2 nitrogen and oxygen atoms in total. The van der Waals surface area contributed by atoms with Gasteiger partial charge in [-0.15, -0.1) is 0 Å². The maximum Gasteiger partial charge on any atom is 0.174 e. The Morgan fingerprint density at radius 2 is 2.10 bits per heavy atom.